The Morgan fingerprint density at radius 3 is 2.50 bits per heavy atom. The van der Waals surface area contributed by atoms with Gasteiger partial charge in [0.05, 0.1) is 11.9 Å². The molecule has 66 valence electrons. The zero-order valence-electron chi connectivity index (χ0n) is 6.37. The lowest BCUT2D eigenvalue weighted by Gasteiger charge is -1.99. The van der Waals surface area contributed by atoms with Gasteiger partial charge in [0.1, 0.15) is 5.69 Å². The molecule has 1 aromatic rings. The summed E-state index contributed by atoms with van der Waals surface area (Å²) >= 11 is 0. The molecule has 0 fully saturated rings. The normalized spacial score (nSPS) is 10.7. The first-order chi connectivity index (χ1) is 5.74. The van der Waals surface area contributed by atoms with Crippen LogP contribution in [0, 0.1) is 0 Å². The van der Waals surface area contributed by atoms with Gasteiger partial charge in [0.25, 0.3) is 6.43 Å². The van der Waals surface area contributed by atoms with Crippen LogP contribution in [0.4, 0.5) is 8.78 Å². The van der Waals surface area contributed by atoms with Crippen LogP contribution < -0.4 is 5.73 Å². The van der Waals surface area contributed by atoms with Crippen LogP contribution in [0.1, 0.15) is 17.8 Å². The highest BCUT2D eigenvalue weighted by molar-refractivity contribution is 5.03. The second-order valence-electron chi connectivity index (χ2n) is 2.27. The molecule has 0 amide bonds. The fourth-order valence-corrected chi connectivity index (χ4v) is 0.754. The van der Waals surface area contributed by atoms with Crippen molar-refractivity contribution in [2.24, 2.45) is 5.73 Å². The summed E-state index contributed by atoms with van der Waals surface area (Å²) in [6.07, 6.45) is 0.421. The number of hydrogen-bond donors (Lipinski definition) is 1. The third kappa shape index (κ3) is 2.20. The van der Waals surface area contributed by atoms with Gasteiger partial charge in [0.15, 0.2) is 0 Å². The van der Waals surface area contributed by atoms with Gasteiger partial charge in [-0.1, -0.05) is 0 Å². The van der Waals surface area contributed by atoms with Crippen molar-refractivity contribution in [1.82, 2.24) is 9.97 Å². The maximum Gasteiger partial charge on any atom is 0.281 e. The van der Waals surface area contributed by atoms with Crippen LogP contribution in [-0.4, -0.2) is 16.5 Å². The van der Waals surface area contributed by atoms with E-state index in [4.69, 9.17) is 5.73 Å². The quantitative estimate of drug-likeness (QED) is 0.739. The van der Waals surface area contributed by atoms with E-state index in [1.165, 1.54) is 6.20 Å². The standard InChI is InChI=1S/C7H9F2N3/c8-7(9)6-4-11-5(1-2-10)3-12-6/h3-4,7H,1-2,10H2. The molecule has 0 bridgehead atoms. The Balaban J connectivity index is 2.71. The fraction of sp³-hybridized carbons (Fsp3) is 0.429. The van der Waals surface area contributed by atoms with Crippen molar-refractivity contribution >= 4 is 0 Å². The van der Waals surface area contributed by atoms with Gasteiger partial charge in [-0.3, -0.25) is 9.97 Å². The van der Waals surface area contributed by atoms with Crippen molar-refractivity contribution in [3.05, 3.63) is 23.8 Å². The summed E-state index contributed by atoms with van der Waals surface area (Å²) in [4.78, 5) is 7.30. The Hall–Kier alpha value is -1.10. The van der Waals surface area contributed by atoms with Crippen molar-refractivity contribution < 1.29 is 8.78 Å². The number of alkyl halides is 2. The first-order valence-corrected chi connectivity index (χ1v) is 3.53. The summed E-state index contributed by atoms with van der Waals surface area (Å²) in [5, 5.41) is 0. The van der Waals surface area contributed by atoms with Crippen molar-refractivity contribution in [3.8, 4) is 0 Å². The molecule has 5 heteroatoms. The highest BCUT2D eigenvalue weighted by atomic mass is 19.3. The molecule has 12 heavy (non-hydrogen) atoms. The molecule has 0 aromatic carbocycles. The van der Waals surface area contributed by atoms with Crippen LogP contribution in [0.2, 0.25) is 0 Å². The monoisotopic (exact) mass is 173 g/mol. The number of nitrogens with zero attached hydrogens (tertiary/aromatic N) is 2. The average Bonchev–Trinajstić information content (AvgIpc) is 2.06. The second-order valence-corrected chi connectivity index (χ2v) is 2.27. The Labute approximate surface area is 68.6 Å². The summed E-state index contributed by atoms with van der Waals surface area (Å²) in [5.41, 5.74) is 5.59. The molecule has 0 spiro atoms. The molecule has 1 aromatic heterocycles. The molecule has 0 unspecified atom stereocenters. The van der Waals surface area contributed by atoms with Crippen LogP contribution >= 0.6 is 0 Å². The minimum atomic E-state index is -2.55. The van der Waals surface area contributed by atoms with Crippen LogP contribution in [0.25, 0.3) is 0 Å². The minimum absolute atomic E-state index is 0.296. The molecule has 0 aliphatic carbocycles. The third-order valence-electron chi connectivity index (χ3n) is 1.35. The van der Waals surface area contributed by atoms with Crippen LogP contribution in [0.3, 0.4) is 0 Å². The molecule has 1 rings (SSSR count). The van der Waals surface area contributed by atoms with Crippen LogP contribution in [0.15, 0.2) is 12.4 Å². The average molecular weight is 173 g/mol. The number of rotatable bonds is 3. The first-order valence-electron chi connectivity index (χ1n) is 3.53. The summed E-state index contributed by atoms with van der Waals surface area (Å²) in [6.45, 7) is 0.447. The molecule has 0 saturated heterocycles. The molecule has 0 aliphatic heterocycles. The van der Waals surface area contributed by atoms with E-state index < -0.39 is 6.43 Å². The maximum atomic E-state index is 12.0. The van der Waals surface area contributed by atoms with E-state index >= 15 is 0 Å². The molecular formula is C7H9F2N3. The van der Waals surface area contributed by atoms with Crippen molar-refractivity contribution in [2.75, 3.05) is 6.54 Å². The van der Waals surface area contributed by atoms with Crippen molar-refractivity contribution in [3.63, 3.8) is 0 Å². The van der Waals surface area contributed by atoms with Gasteiger partial charge < -0.3 is 5.73 Å². The summed E-state index contributed by atoms with van der Waals surface area (Å²) in [5.74, 6) is 0. The number of nitrogens with two attached hydrogens (primary N) is 1. The molecule has 0 aliphatic rings. The SMILES string of the molecule is NCCc1cnc(C(F)F)cn1. The van der Waals surface area contributed by atoms with Gasteiger partial charge in [-0.2, -0.15) is 0 Å². The lowest BCUT2D eigenvalue weighted by Crippen LogP contribution is -2.05. The first kappa shape index (κ1) is 8.99. The highest BCUT2D eigenvalue weighted by Gasteiger charge is 2.07. The lowest BCUT2D eigenvalue weighted by atomic mass is 10.3. The largest absolute Gasteiger partial charge is 0.330 e. The van der Waals surface area contributed by atoms with E-state index in [2.05, 4.69) is 9.97 Å². The Morgan fingerprint density at radius 1 is 1.33 bits per heavy atom. The number of aromatic nitrogens is 2. The van der Waals surface area contributed by atoms with E-state index in [1.54, 1.807) is 0 Å². The topological polar surface area (TPSA) is 51.8 Å². The van der Waals surface area contributed by atoms with E-state index in [-0.39, 0.29) is 5.69 Å². The summed E-state index contributed by atoms with van der Waals surface area (Å²) in [6, 6.07) is 0. The molecule has 0 radical (unpaired) electrons. The third-order valence-corrected chi connectivity index (χ3v) is 1.35. The van der Waals surface area contributed by atoms with E-state index in [9.17, 15) is 8.78 Å². The van der Waals surface area contributed by atoms with Crippen LogP contribution in [-0.2, 0) is 6.42 Å². The Kier molecular flexibility index (Phi) is 3.04. The van der Waals surface area contributed by atoms with Gasteiger partial charge in [-0.25, -0.2) is 8.78 Å². The number of halogens is 2. The van der Waals surface area contributed by atoms with Crippen molar-refractivity contribution in [2.45, 2.75) is 12.8 Å². The van der Waals surface area contributed by atoms with E-state index in [0.29, 0.717) is 18.7 Å². The summed E-state index contributed by atoms with van der Waals surface area (Å²) < 4.78 is 23.9. The summed E-state index contributed by atoms with van der Waals surface area (Å²) in [7, 11) is 0. The maximum absolute atomic E-state index is 12.0. The molecule has 1 heterocycles. The molecule has 0 atom stereocenters. The second kappa shape index (κ2) is 4.06. The highest BCUT2D eigenvalue weighted by Crippen LogP contribution is 2.14. The van der Waals surface area contributed by atoms with Crippen molar-refractivity contribution in [1.29, 1.82) is 0 Å². The lowest BCUT2D eigenvalue weighted by molar-refractivity contribution is 0.145. The Bertz CT molecular complexity index is 235. The van der Waals surface area contributed by atoms with Gasteiger partial charge >= 0.3 is 0 Å². The van der Waals surface area contributed by atoms with E-state index in [0.717, 1.165) is 6.20 Å². The van der Waals surface area contributed by atoms with Crippen LogP contribution in [0.5, 0.6) is 0 Å². The zero-order chi connectivity index (χ0) is 8.97. The van der Waals surface area contributed by atoms with Gasteiger partial charge in [0, 0.05) is 12.6 Å². The molecule has 3 nitrogen and oxygen atoms in total. The van der Waals surface area contributed by atoms with Gasteiger partial charge in [-0.05, 0) is 6.54 Å². The number of hydrogen-bond acceptors (Lipinski definition) is 3. The predicted molar refractivity (Wildman–Crippen MR) is 39.7 cm³/mol. The van der Waals surface area contributed by atoms with Gasteiger partial charge in [-0.15, -0.1) is 0 Å². The molecule has 0 saturated carbocycles. The minimum Gasteiger partial charge on any atom is -0.330 e. The van der Waals surface area contributed by atoms with Gasteiger partial charge in [0.2, 0.25) is 0 Å². The smallest absolute Gasteiger partial charge is 0.281 e. The molecule has 2 N–H and O–H groups in total. The van der Waals surface area contributed by atoms with E-state index in [1.807, 2.05) is 0 Å². The fourth-order valence-electron chi connectivity index (χ4n) is 0.754. The predicted octanol–water partition coefficient (Wildman–Crippen LogP) is 0.915. The Morgan fingerprint density at radius 2 is 2.08 bits per heavy atom. The zero-order valence-corrected chi connectivity index (χ0v) is 6.37. The molecular weight excluding hydrogens is 164 g/mol.